The third-order valence-electron chi connectivity index (χ3n) is 5.35. The lowest BCUT2D eigenvalue weighted by molar-refractivity contribution is -0.131. The van der Waals surface area contributed by atoms with Crippen molar-refractivity contribution in [2.24, 2.45) is 0 Å². The smallest absolute Gasteiger partial charge is 0.226 e. The number of benzene rings is 2. The lowest BCUT2D eigenvalue weighted by Gasteiger charge is -2.31. The van der Waals surface area contributed by atoms with E-state index in [1.807, 2.05) is 4.90 Å². The Labute approximate surface area is 152 Å². The van der Waals surface area contributed by atoms with Crippen LogP contribution in [0.4, 0.5) is 4.39 Å². The third-order valence-corrected chi connectivity index (χ3v) is 5.35. The third kappa shape index (κ3) is 3.50. The molecule has 1 aliphatic heterocycles. The van der Waals surface area contributed by atoms with Crippen molar-refractivity contribution in [3.05, 3.63) is 71.2 Å². The first-order valence-corrected chi connectivity index (χ1v) is 9.20. The molecule has 1 N–H and O–H groups in total. The second kappa shape index (κ2) is 6.94. The van der Waals surface area contributed by atoms with Crippen LogP contribution < -0.4 is 0 Å². The Kier molecular flexibility index (Phi) is 4.49. The number of rotatable bonds is 3. The summed E-state index contributed by atoms with van der Waals surface area (Å²) >= 11 is 0. The Hall–Kier alpha value is -2.62. The first kappa shape index (κ1) is 16.8. The highest BCUT2D eigenvalue weighted by molar-refractivity contribution is 5.81. The number of H-pyrrole nitrogens is 1. The van der Waals surface area contributed by atoms with Crippen molar-refractivity contribution in [3.63, 3.8) is 0 Å². The summed E-state index contributed by atoms with van der Waals surface area (Å²) in [5, 5.41) is 1.26. The van der Waals surface area contributed by atoms with E-state index < -0.39 is 0 Å². The number of carbonyl (C=O) groups excluding carboxylic acids is 1. The molecule has 4 rings (SSSR count). The standard InChI is InChI=1S/C22H23FN2O/c1-15-2-7-20-18(12-15)14-21(24-20)17-8-10-25(11-9-17)22(26)13-16-3-5-19(23)6-4-16/h2-7,12,14,17,24H,8-11,13H2,1H3. The molecule has 1 saturated heterocycles. The van der Waals surface area contributed by atoms with Crippen molar-refractivity contribution < 1.29 is 9.18 Å². The van der Waals surface area contributed by atoms with Crippen molar-refractivity contribution >= 4 is 16.8 Å². The molecule has 2 aromatic carbocycles. The minimum atomic E-state index is -0.268. The molecule has 0 atom stereocenters. The van der Waals surface area contributed by atoms with E-state index in [1.165, 1.54) is 34.3 Å². The van der Waals surface area contributed by atoms with Gasteiger partial charge in [-0.3, -0.25) is 4.79 Å². The Morgan fingerprint density at radius 2 is 1.85 bits per heavy atom. The molecule has 0 spiro atoms. The molecular weight excluding hydrogens is 327 g/mol. The predicted molar refractivity (Wildman–Crippen MR) is 102 cm³/mol. The lowest BCUT2D eigenvalue weighted by atomic mass is 9.93. The summed E-state index contributed by atoms with van der Waals surface area (Å²) in [6.45, 7) is 3.66. The molecule has 1 aromatic heterocycles. The summed E-state index contributed by atoms with van der Waals surface area (Å²) < 4.78 is 13.0. The second-order valence-corrected chi connectivity index (χ2v) is 7.27. The van der Waals surface area contributed by atoms with E-state index in [2.05, 4.69) is 36.2 Å². The Morgan fingerprint density at radius 3 is 2.58 bits per heavy atom. The molecule has 0 radical (unpaired) electrons. The normalized spacial score (nSPS) is 15.5. The predicted octanol–water partition coefficient (Wildman–Crippen LogP) is 4.56. The Morgan fingerprint density at radius 1 is 1.12 bits per heavy atom. The number of hydrogen-bond donors (Lipinski definition) is 1. The molecule has 3 aromatic rings. The molecule has 0 unspecified atom stereocenters. The summed E-state index contributed by atoms with van der Waals surface area (Å²) in [6.07, 6.45) is 2.29. The zero-order chi connectivity index (χ0) is 18.1. The number of amides is 1. The highest BCUT2D eigenvalue weighted by Gasteiger charge is 2.24. The van der Waals surface area contributed by atoms with E-state index in [0.717, 1.165) is 31.5 Å². The molecule has 0 bridgehead atoms. The van der Waals surface area contributed by atoms with Gasteiger partial charge in [-0.15, -0.1) is 0 Å². The van der Waals surface area contributed by atoms with Gasteiger partial charge in [0.15, 0.2) is 0 Å². The van der Waals surface area contributed by atoms with Crippen LogP contribution in [-0.2, 0) is 11.2 Å². The van der Waals surface area contributed by atoms with Gasteiger partial charge in [0.25, 0.3) is 0 Å². The fraction of sp³-hybridized carbons (Fsp3) is 0.318. The summed E-state index contributed by atoms with van der Waals surface area (Å²) in [4.78, 5) is 18.0. The molecule has 1 aliphatic rings. The van der Waals surface area contributed by atoms with Crippen LogP contribution in [0.25, 0.3) is 10.9 Å². The van der Waals surface area contributed by atoms with E-state index in [9.17, 15) is 9.18 Å². The quantitative estimate of drug-likeness (QED) is 0.738. The van der Waals surface area contributed by atoms with Crippen LogP contribution in [0.5, 0.6) is 0 Å². The van der Waals surface area contributed by atoms with Crippen LogP contribution in [0.2, 0.25) is 0 Å². The van der Waals surface area contributed by atoms with Crippen LogP contribution in [0.15, 0.2) is 48.5 Å². The number of fused-ring (bicyclic) bond motifs is 1. The van der Waals surface area contributed by atoms with Crippen LogP contribution in [-0.4, -0.2) is 28.9 Å². The number of aromatic nitrogens is 1. The second-order valence-electron chi connectivity index (χ2n) is 7.27. The average Bonchev–Trinajstić information content (AvgIpc) is 3.07. The van der Waals surface area contributed by atoms with Crippen LogP contribution in [0.3, 0.4) is 0 Å². The molecular formula is C22H23FN2O. The number of halogens is 1. The Bertz CT molecular complexity index is 921. The molecule has 26 heavy (non-hydrogen) atoms. The van der Waals surface area contributed by atoms with E-state index in [-0.39, 0.29) is 11.7 Å². The minimum Gasteiger partial charge on any atom is -0.358 e. The maximum Gasteiger partial charge on any atom is 0.226 e. The molecule has 1 fully saturated rings. The van der Waals surface area contributed by atoms with Crippen LogP contribution in [0.1, 0.15) is 35.6 Å². The van der Waals surface area contributed by atoms with Gasteiger partial charge in [0, 0.05) is 30.2 Å². The largest absolute Gasteiger partial charge is 0.358 e. The number of carbonyl (C=O) groups is 1. The maximum atomic E-state index is 13.0. The van der Waals surface area contributed by atoms with E-state index in [4.69, 9.17) is 0 Å². The number of piperidine rings is 1. The van der Waals surface area contributed by atoms with Gasteiger partial charge >= 0.3 is 0 Å². The maximum absolute atomic E-state index is 13.0. The fourth-order valence-corrected chi connectivity index (χ4v) is 3.82. The van der Waals surface area contributed by atoms with Crippen molar-refractivity contribution in [2.75, 3.05) is 13.1 Å². The van der Waals surface area contributed by atoms with Gasteiger partial charge in [-0.05, 0) is 61.0 Å². The number of aryl methyl sites for hydroxylation is 1. The molecule has 2 heterocycles. The van der Waals surface area contributed by atoms with Crippen LogP contribution in [0, 0.1) is 12.7 Å². The SMILES string of the molecule is Cc1ccc2[nH]c(C3CCN(C(=O)Cc4ccc(F)cc4)CC3)cc2c1. The van der Waals surface area contributed by atoms with E-state index in [0.29, 0.717) is 12.3 Å². The molecule has 1 amide bonds. The molecule has 134 valence electrons. The number of likely N-dealkylation sites (tertiary alicyclic amines) is 1. The van der Waals surface area contributed by atoms with Gasteiger partial charge in [-0.1, -0.05) is 23.8 Å². The molecule has 4 heteroatoms. The molecule has 0 aliphatic carbocycles. The number of aromatic amines is 1. The zero-order valence-corrected chi connectivity index (χ0v) is 15.0. The van der Waals surface area contributed by atoms with Crippen molar-refractivity contribution in [2.45, 2.75) is 32.1 Å². The van der Waals surface area contributed by atoms with E-state index >= 15 is 0 Å². The number of nitrogens with one attached hydrogen (secondary N) is 1. The van der Waals surface area contributed by atoms with Gasteiger partial charge in [0.1, 0.15) is 5.82 Å². The van der Waals surface area contributed by atoms with Crippen LogP contribution >= 0.6 is 0 Å². The fourth-order valence-electron chi connectivity index (χ4n) is 3.82. The van der Waals surface area contributed by atoms with Gasteiger partial charge in [-0.25, -0.2) is 4.39 Å². The lowest BCUT2D eigenvalue weighted by Crippen LogP contribution is -2.38. The highest BCUT2D eigenvalue weighted by Crippen LogP contribution is 2.30. The number of hydrogen-bond acceptors (Lipinski definition) is 1. The Balaban J connectivity index is 1.38. The van der Waals surface area contributed by atoms with Gasteiger partial charge < -0.3 is 9.88 Å². The van der Waals surface area contributed by atoms with Gasteiger partial charge in [0.05, 0.1) is 6.42 Å². The van der Waals surface area contributed by atoms with Gasteiger partial charge in [-0.2, -0.15) is 0 Å². The topological polar surface area (TPSA) is 36.1 Å². The highest BCUT2D eigenvalue weighted by atomic mass is 19.1. The first-order valence-electron chi connectivity index (χ1n) is 9.20. The van der Waals surface area contributed by atoms with Crippen molar-refractivity contribution in [1.82, 2.24) is 9.88 Å². The first-order chi connectivity index (χ1) is 12.6. The van der Waals surface area contributed by atoms with Crippen molar-refractivity contribution in [1.29, 1.82) is 0 Å². The monoisotopic (exact) mass is 350 g/mol. The van der Waals surface area contributed by atoms with Crippen molar-refractivity contribution in [3.8, 4) is 0 Å². The average molecular weight is 350 g/mol. The summed E-state index contributed by atoms with van der Waals surface area (Å²) in [6, 6.07) is 14.9. The minimum absolute atomic E-state index is 0.127. The van der Waals surface area contributed by atoms with E-state index in [1.54, 1.807) is 12.1 Å². The number of nitrogens with zero attached hydrogens (tertiary/aromatic N) is 1. The summed E-state index contributed by atoms with van der Waals surface area (Å²) in [5.41, 5.74) is 4.59. The molecule has 0 saturated carbocycles. The zero-order valence-electron chi connectivity index (χ0n) is 15.0. The molecule has 3 nitrogen and oxygen atoms in total. The van der Waals surface area contributed by atoms with Gasteiger partial charge in [0.2, 0.25) is 5.91 Å². The summed E-state index contributed by atoms with van der Waals surface area (Å²) in [5.74, 6) is 0.329. The summed E-state index contributed by atoms with van der Waals surface area (Å²) in [7, 11) is 0.